The first-order chi connectivity index (χ1) is 24.3. The maximum absolute atomic E-state index is 6.41. The van der Waals surface area contributed by atoms with Gasteiger partial charge in [0.2, 0.25) is 0 Å². The van der Waals surface area contributed by atoms with E-state index >= 15 is 0 Å². The van der Waals surface area contributed by atoms with Crippen molar-refractivity contribution < 1.29 is 56.9 Å². The van der Waals surface area contributed by atoms with Crippen LogP contribution in [0.2, 0.25) is 0 Å². The number of benzene rings is 4. The summed E-state index contributed by atoms with van der Waals surface area (Å²) >= 11 is -1.32. The molecule has 0 fully saturated rings. The van der Waals surface area contributed by atoms with Gasteiger partial charge in [-0.2, -0.15) is 0 Å². The van der Waals surface area contributed by atoms with Gasteiger partial charge in [-0.15, -0.1) is 0 Å². The Balaban J connectivity index is 0.00000240. The van der Waals surface area contributed by atoms with Gasteiger partial charge in [-0.3, -0.25) is 0 Å². The van der Waals surface area contributed by atoms with Crippen LogP contribution in [0.1, 0.15) is 105 Å². The number of hydrogen-bond donors (Lipinski definition) is 0. The summed E-state index contributed by atoms with van der Waals surface area (Å²) in [7, 11) is 0. The summed E-state index contributed by atoms with van der Waals surface area (Å²) in [6.45, 7) is 17.8. The summed E-state index contributed by atoms with van der Waals surface area (Å²) in [5.41, 5.74) is 16.2. The predicted molar refractivity (Wildman–Crippen MR) is 209 cm³/mol. The van der Waals surface area contributed by atoms with Crippen LogP contribution in [-0.2, 0) is 34.1 Å². The van der Waals surface area contributed by atoms with E-state index < -0.39 is 23.2 Å². The zero-order chi connectivity index (χ0) is 35.7. The molecule has 2 unspecified atom stereocenters. The first-order valence-corrected chi connectivity index (χ1v) is 21.0. The van der Waals surface area contributed by atoms with Crippen molar-refractivity contribution in [2.75, 3.05) is 0 Å². The fourth-order valence-corrected chi connectivity index (χ4v) is 12.7. The van der Waals surface area contributed by atoms with Gasteiger partial charge in [0.1, 0.15) is 0 Å². The average molecular weight is 817 g/mol. The van der Waals surface area contributed by atoms with Crippen molar-refractivity contribution in [1.82, 2.24) is 0 Å². The maximum Gasteiger partial charge on any atom is -1.00 e. The summed E-state index contributed by atoms with van der Waals surface area (Å²) in [5.74, 6) is 3.88. The van der Waals surface area contributed by atoms with Gasteiger partial charge in [0.25, 0.3) is 0 Å². The topological polar surface area (TPSA) is 26.3 Å². The number of fused-ring (bicyclic) bond motifs is 2. The van der Waals surface area contributed by atoms with E-state index in [1.807, 2.05) is 13.8 Å². The zero-order valence-electron chi connectivity index (χ0n) is 31.8. The van der Waals surface area contributed by atoms with Crippen LogP contribution in [0.4, 0.5) is 0 Å². The second kappa shape index (κ2) is 14.9. The SMILES string of the molecule is Cc1ccc(C2=Cc3c(-c4ccc(C(C)(C)C)cc4)cccc3[CH]2[Zr+2][CH]2C(c3ccc(C)o3)=Cc3c(-c4ccc(C(C)(C)C)cc4)cccc32)o1.[Cl-].[Cl-]. The molecule has 0 amide bonds. The molecular formula is C48H46Cl2O2Zr. The van der Waals surface area contributed by atoms with Crippen LogP contribution in [0.5, 0.6) is 0 Å². The molecule has 0 bridgehead atoms. The van der Waals surface area contributed by atoms with Crippen molar-refractivity contribution in [2.24, 2.45) is 0 Å². The third-order valence-corrected chi connectivity index (χ3v) is 15.3. The van der Waals surface area contributed by atoms with Crippen molar-refractivity contribution in [3.8, 4) is 22.3 Å². The van der Waals surface area contributed by atoms with Gasteiger partial charge in [0.05, 0.1) is 0 Å². The largest absolute Gasteiger partial charge is 1.00 e. The fourth-order valence-electron chi connectivity index (χ4n) is 7.74. The van der Waals surface area contributed by atoms with Crippen molar-refractivity contribution in [2.45, 2.75) is 73.5 Å². The first-order valence-electron chi connectivity index (χ1n) is 18.2. The molecular weight excluding hydrogens is 771 g/mol. The Morgan fingerprint density at radius 2 is 0.849 bits per heavy atom. The Labute approximate surface area is 339 Å². The van der Waals surface area contributed by atoms with Crippen LogP contribution in [-0.4, -0.2) is 0 Å². The fraction of sp³-hybridized carbons (Fsp3) is 0.250. The summed E-state index contributed by atoms with van der Waals surface area (Å²) in [4.78, 5) is 0. The predicted octanol–water partition coefficient (Wildman–Crippen LogP) is 7.40. The van der Waals surface area contributed by atoms with E-state index in [0.717, 1.165) is 23.0 Å². The minimum Gasteiger partial charge on any atom is -1.00 e. The van der Waals surface area contributed by atoms with Crippen LogP contribution in [0.25, 0.3) is 45.6 Å². The van der Waals surface area contributed by atoms with Crippen LogP contribution >= 0.6 is 0 Å². The molecule has 0 saturated heterocycles. The summed E-state index contributed by atoms with van der Waals surface area (Å²) in [5, 5.41) is 0. The molecule has 2 atom stereocenters. The van der Waals surface area contributed by atoms with E-state index in [1.54, 1.807) is 0 Å². The number of aryl methyl sites for hydroxylation is 2. The van der Waals surface area contributed by atoms with Gasteiger partial charge < -0.3 is 24.8 Å². The smallest absolute Gasteiger partial charge is 1.00 e. The minimum atomic E-state index is -1.32. The Morgan fingerprint density at radius 1 is 0.472 bits per heavy atom. The molecule has 0 aliphatic heterocycles. The molecule has 268 valence electrons. The Bertz CT molecular complexity index is 2160. The van der Waals surface area contributed by atoms with E-state index in [1.165, 1.54) is 66.8 Å². The quantitative estimate of drug-likeness (QED) is 0.175. The molecule has 6 aromatic rings. The number of rotatable bonds is 6. The minimum absolute atomic E-state index is 0. The Kier molecular flexibility index (Phi) is 11.0. The summed E-state index contributed by atoms with van der Waals surface area (Å²) in [6.07, 6.45) is 4.88. The second-order valence-electron chi connectivity index (χ2n) is 16.3. The molecule has 2 aliphatic rings. The van der Waals surface area contributed by atoms with Gasteiger partial charge >= 0.3 is 317 Å². The van der Waals surface area contributed by atoms with Crippen LogP contribution in [0.3, 0.4) is 0 Å². The van der Waals surface area contributed by atoms with Crippen LogP contribution in [0, 0.1) is 13.8 Å². The molecule has 8 rings (SSSR count). The van der Waals surface area contributed by atoms with Gasteiger partial charge in [-0.05, 0) is 0 Å². The number of allylic oxidation sites excluding steroid dienone is 2. The third kappa shape index (κ3) is 7.43. The maximum atomic E-state index is 6.41. The molecule has 2 heterocycles. The van der Waals surface area contributed by atoms with Crippen molar-refractivity contribution in [1.29, 1.82) is 0 Å². The number of halogens is 2. The molecule has 0 radical (unpaired) electrons. The van der Waals surface area contributed by atoms with E-state index in [4.69, 9.17) is 8.83 Å². The van der Waals surface area contributed by atoms with E-state index in [9.17, 15) is 0 Å². The van der Waals surface area contributed by atoms with Gasteiger partial charge in [-0.1, -0.05) is 0 Å². The number of hydrogen-bond acceptors (Lipinski definition) is 2. The van der Waals surface area contributed by atoms with Crippen molar-refractivity contribution in [3.05, 3.63) is 166 Å². The number of furan rings is 2. The Hall–Kier alpha value is -3.62. The normalized spacial score (nSPS) is 16.2. The van der Waals surface area contributed by atoms with Gasteiger partial charge in [0.15, 0.2) is 0 Å². The summed E-state index contributed by atoms with van der Waals surface area (Å²) < 4.78 is 13.5. The summed E-state index contributed by atoms with van der Waals surface area (Å²) in [6, 6.07) is 40.8. The molecule has 0 spiro atoms. The molecule has 0 saturated carbocycles. The molecule has 2 aliphatic carbocycles. The zero-order valence-corrected chi connectivity index (χ0v) is 35.7. The van der Waals surface area contributed by atoms with Crippen molar-refractivity contribution in [3.63, 3.8) is 0 Å². The van der Waals surface area contributed by atoms with E-state index in [2.05, 4.69) is 163 Å². The van der Waals surface area contributed by atoms with Crippen molar-refractivity contribution >= 4 is 23.3 Å². The third-order valence-electron chi connectivity index (χ3n) is 10.6. The molecule has 0 N–H and O–H groups in total. The monoisotopic (exact) mass is 814 g/mol. The molecule has 2 nitrogen and oxygen atoms in total. The van der Waals surface area contributed by atoms with Crippen LogP contribution in [0.15, 0.2) is 118 Å². The van der Waals surface area contributed by atoms with Crippen LogP contribution < -0.4 is 24.8 Å². The average Bonchev–Trinajstić information content (AvgIpc) is 3.90. The van der Waals surface area contributed by atoms with Gasteiger partial charge in [0, 0.05) is 0 Å². The molecule has 5 heteroatoms. The standard InChI is InChI=1S/2C24H23O.2ClH.Zr/c2*1-16-8-13-23(25-16)19-14-18-6-5-7-21(22(18)15-19)17-9-11-20(12-10-17)24(2,3)4;;;/h2*5-15H,1-4H3;2*1H;/q;;;;+2/p-2. The molecule has 53 heavy (non-hydrogen) atoms. The van der Waals surface area contributed by atoms with Gasteiger partial charge in [-0.25, -0.2) is 0 Å². The second-order valence-corrected chi connectivity index (χ2v) is 20.0. The Morgan fingerprint density at radius 3 is 1.17 bits per heavy atom. The first kappa shape index (κ1) is 39.1. The molecule has 2 aromatic heterocycles. The van der Waals surface area contributed by atoms with E-state index in [-0.39, 0.29) is 35.6 Å². The van der Waals surface area contributed by atoms with E-state index in [0.29, 0.717) is 7.25 Å². The molecule has 4 aromatic carbocycles.